The molecule has 2 rings (SSSR count). The Hall–Kier alpha value is 0.635. The van der Waals surface area contributed by atoms with Crippen LogP contribution >= 0.6 is 23.0 Å². The smallest absolute Gasteiger partial charge is 0.144 e. The summed E-state index contributed by atoms with van der Waals surface area (Å²) in [7, 11) is 7.34. The third-order valence-electron chi connectivity index (χ3n) is 2.52. The lowest BCUT2D eigenvalue weighted by molar-refractivity contribution is -0.139. The van der Waals surface area contributed by atoms with Gasteiger partial charge in [-0.1, -0.05) is 0 Å². The molecule has 2 saturated heterocycles. The van der Waals surface area contributed by atoms with E-state index >= 15 is 0 Å². The number of ether oxygens (including phenoxy) is 3. The molecule has 0 aromatic carbocycles. The molecule has 0 amide bonds. The van der Waals surface area contributed by atoms with Crippen LogP contribution in [0.25, 0.3) is 0 Å². The molecular formula is C7H10BIO4. The van der Waals surface area contributed by atoms with Gasteiger partial charge >= 0.3 is 0 Å². The number of methoxy groups -OCH3 is 1. The first-order chi connectivity index (χ1) is 6.23. The molecule has 0 aliphatic carbocycles. The fourth-order valence-corrected chi connectivity index (χ4v) is 2.70. The van der Waals surface area contributed by atoms with Crippen molar-refractivity contribution in [3.05, 3.63) is 0 Å². The molecule has 0 spiro atoms. The second-order valence-corrected chi connectivity index (χ2v) is 3.87. The quantitative estimate of drug-likeness (QED) is 0.544. The number of fused-ring (bicyclic) bond motifs is 2. The molecule has 2 aliphatic heterocycles. The van der Waals surface area contributed by atoms with Gasteiger partial charge in [0.25, 0.3) is 0 Å². The standard InChI is InChI=1S/C7H10BIO4/c1-10-2-7-3-11-4(5(7)13-9)6(8)12-7/h4-6H,2-3H2,1H3/t4?,5?,6-,7+/m1/s1. The van der Waals surface area contributed by atoms with E-state index in [0.29, 0.717) is 13.2 Å². The van der Waals surface area contributed by atoms with Crippen molar-refractivity contribution in [3.8, 4) is 0 Å². The molecule has 72 valence electrons. The first kappa shape index (κ1) is 10.2. The molecule has 2 radical (unpaired) electrons. The summed E-state index contributed by atoms with van der Waals surface area (Å²) >= 11 is 1.85. The Bertz CT molecular complexity index is 205. The van der Waals surface area contributed by atoms with Crippen LogP contribution in [0.2, 0.25) is 0 Å². The maximum absolute atomic E-state index is 5.72. The van der Waals surface area contributed by atoms with E-state index in [0.717, 1.165) is 0 Å². The summed E-state index contributed by atoms with van der Waals surface area (Å²) < 4.78 is 21.4. The third-order valence-corrected chi connectivity index (χ3v) is 3.06. The van der Waals surface area contributed by atoms with Gasteiger partial charge in [0.15, 0.2) is 0 Å². The number of hydrogen-bond acceptors (Lipinski definition) is 4. The lowest BCUT2D eigenvalue weighted by Gasteiger charge is -2.29. The fraction of sp³-hybridized carbons (Fsp3) is 1.00. The lowest BCUT2D eigenvalue weighted by Crippen LogP contribution is -2.45. The Labute approximate surface area is 92.3 Å². The molecule has 2 heterocycles. The minimum atomic E-state index is -0.500. The van der Waals surface area contributed by atoms with E-state index in [9.17, 15) is 0 Å². The molecule has 13 heavy (non-hydrogen) atoms. The van der Waals surface area contributed by atoms with Gasteiger partial charge in [-0.05, 0) is 0 Å². The van der Waals surface area contributed by atoms with E-state index in [-0.39, 0.29) is 12.2 Å². The van der Waals surface area contributed by atoms with Crippen LogP contribution in [-0.4, -0.2) is 52.0 Å². The van der Waals surface area contributed by atoms with Crippen molar-refractivity contribution >= 4 is 30.9 Å². The molecule has 2 aliphatic rings. The van der Waals surface area contributed by atoms with Crippen LogP contribution in [0.3, 0.4) is 0 Å². The molecule has 4 atom stereocenters. The first-order valence-electron chi connectivity index (χ1n) is 4.05. The van der Waals surface area contributed by atoms with Crippen molar-refractivity contribution < 1.29 is 17.3 Å². The van der Waals surface area contributed by atoms with Gasteiger partial charge in [-0.25, -0.2) is 0 Å². The summed E-state index contributed by atoms with van der Waals surface area (Å²) in [5, 5.41) is 0. The van der Waals surface area contributed by atoms with Crippen molar-refractivity contribution in [3.63, 3.8) is 0 Å². The molecule has 6 heteroatoms. The summed E-state index contributed by atoms with van der Waals surface area (Å²) in [6.45, 7) is 0.942. The second kappa shape index (κ2) is 3.65. The van der Waals surface area contributed by atoms with Crippen molar-refractivity contribution in [2.24, 2.45) is 0 Å². The zero-order valence-corrected chi connectivity index (χ0v) is 9.39. The SMILES string of the molecule is [B][C@@H]1O[C@@]2(COC)COC1C2OI. The van der Waals surface area contributed by atoms with Crippen LogP contribution in [0.15, 0.2) is 0 Å². The molecule has 2 unspecified atom stereocenters. The summed E-state index contributed by atoms with van der Waals surface area (Å²) in [5.74, 6) is 0. The normalized spacial score (nSPS) is 48.6. The predicted octanol–water partition coefficient (Wildman–Crippen LogP) is 0.0304. The van der Waals surface area contributed by atoms with Gasteiger partial charge in [0.2, 0.25) is 0 Å². The molecular weight excluding hydrogens is 286 g/mol. The summed E-state index contributed by atoms with van der Waals surface area (Å²) in [6.07, 6.45) is -0.282. The monoisotopic (exact) mass is 296 g/mol. The molecule has 2 fully saturated rings. The van der Waals surface area contributed by atoms with Crippen molar-refractivity contribution in [1.82, 2.24) is 0 Å². The Morgan fingerprint density at radius 1 is 1.69 bits per heavy atom. The van der Waals surface area contributed by atoms with Gasteiger partial charge in [0.1, 0.15) is 48.7 Å². The van der Waals surface area contributed by atoms with E-state index in [1.807, 2.05) is 23.0 Å². The molecule has 0 N–H and O–H groups in total. The van der Waals surface area contributed by atoms with E-state index < -0.39 is 11.6 Å². The maximum atomic E-state index is 5.72. The Morgan fingerprint density at radius 3 is 3.00 bits per heavy atom. The zero-order chi connectivity index (χ0) is 9.47. The van der Waals surface area contributed by atoms with Crippen molar-refractivity contribution in [2.45, 2.75) is 23.8 Å². The van der Waals surface area contributed by atoms with Crippen LogP contribution in [0.1, 0.15) is 0 Å². The molecule has 0 aromatic rings. The Balaban J connectivity index is 2.17. The van der Waals surface area contributed by atoms with Gasteiger partial charge < -0.3 is 17.3 Å². The predicted molar refractivity (Wildman–Crippen MR) is 53.9 cm³/mol. The lowest BCUT2D eigenvalue weighted by atomic mass is 9.92. The average Bonchev–Trinajstić information content (AvgIpc) is 2.55. The summed E-state index contributed by atoms with van der Waals surface area (Å²) in [5.41, 5.74) is -0.500. The van der Waals surface area contributed by atoms with Gasteiger partial charge in [-0.3, -0.25) is 0 Å². The highest BCUT2D eigenvalue weighted by Gasteiger charge is 2.60. The molecule has 0 aromatic heterocycles. The number of hydrogen-bond donors (Lipinski definition) is 0. The summed E-state index contributed by atoms with van der Waals surface area (Å²) in [6, 6.07) is -0.399. The van der Waals surface area contributed by atoms with Crippen LogP contribution in [-0.2, 0) is 17.3 Å². The fourth-order valence-electron chi connectivity index (χ4n) is 1.95. The van der Waals surface area contributed by atoms with Gasteiger partial charge in [0.05, 0.1) is 13.2 Å². The van der Waals surface area contributed by atoms with Crippen LogP contribution in [0.5, 0.6) is 0 Å². The third kappa shape index (κ3) is 1.43. The van der Waals surface area contributed by atoms with E-state index in [1.165, 1.54) is 0 Å². The minimum Gasteiger partial charge on any atom is -0.381 e. The van der Waals surface area contributed by atoms with E-state index in [2.05, 4.69) is 0 Å². The number of halogens is 1. The molecule has 4 nitrogen and oxygen atoms in total. The first-order valence-corrected chi connectivity index (χ1v) is 4.93. The topological polar surface area (TPSA) is 36.9 Å². The van der Waals surface area contributed by atoms with Crippen LogP contribution < -0.4 is 0 Å². The second-order valence-electron chi connectivity index (χ2n) is 3.37. The molecule has 0 saturated carbocycles. The van der Waals surface area contributed by atoms with Gasteiger partial charge in [-0.15, -0.1) is 0 Å². The van der Waals surface area contributed by atoms with Crippen molar-refractivity contribution in [2.75, 3.05) is 20.3 Å². The van der Waals surface area contributed by atoms with Gasteiger partial charge in [0, 0.05) is 13.1 Å². The van der Waals surface area contributed by atoms with Crippen LogP contribution in [0, 0.1) is 0 Å². The Kier molecular flexibility index (Phi) is 2.86. The Morgan fingerprint density at radius 2 is 2.46 bits per heavy atom. The van der Waals surface area contributed by atoms with Crippen molar-refractivity contribution in [1.29, 1.82) is 0 Å². The summed E-state index contributed by atoms with van der Waals surface area (Å²) in [4.78, 5) is 0. The largest absolute Gasteiger partial charge is 0.381 e. The van der Waals surface area contributed by atoms with Gasteiger partial charge in [-0.2, -0.15) is 0 Å². The number of rotatable bonds is 3. The average molecular weight is 296 g/mol. The highest BCUT2D eigenvalue weighted by atomic mass is 127. The maximum Gasteiger partial charge on any atom is 0.144 e. The van der Waals surface area contributed by atoms with E-state index in [1.54, 1.807) is 7.11 Å². The van der Waals surface area contributed by atoms with E-state index in [4.69, 9.17) is 25.1 Å². The highest BCUT2D eigenvalue weighted by Crippen LogP contribution is 2.41. The zero-order valence-electron chi connectivity index (χ0n) is 7.23. The molecule has 2 bridgehead atoms. The minimum absolute atomic E-state index is 0.122. The highest BCUT2D eigenvalue weighted by molar-refractivity contribution is 14.1. The van der Waals surface area contributed by atoms with Crippen LogP contribution in [0.4, 0.5) is 0 Å².